The fourth-order valence-corrected chi connectivity index (χ4v) is 5.46. The number of fused-ring (bicyclic) bond motifs is 1. The predicted molar refractivity (Wildman–Crippen MR) is 90.4 cm³/mol. The van der Waals surface area contributed by atoms with E-state index in [0.29, 0.717) is 5.92 Å². The number of rotatable bonds is 1. The zero-order valence-corrected chi connectivity index (χ0v) is 14.3. The molecule has 0 aromatic heterocycles. The minimum atomic E-state index is -0.0299. The van der Waals surface area contributed by atoms with Crippen LogP contribution >= 0.6 is 12.4 Å². The number of hydrogen-bond acceptors (Lipinski definition) is 2. The summed E-state index contributed by atoms with van der Waals surface area (Å²) in [6, 6.07) is 6.80. The van der Waals surface area contributed by atoms with Gasteiger partial charge in [-0.15, -0.1) is 12.4 Å². The maximum Gasteiger partial charge on any atom is 0.119 e. The van der Waals surface area contributed by atoms with Crippen LogP contribution in [-0.4, -0.2) is 31.4 Å². The molecule has 0 amide bonds. The number of ether oxygens (including phenoxy) is 1. The van der Waals surface area contributed by atoms with Gasteiger partial charge in [0.1, 0.15) is 5.75 Å². The number of benzene rings is 1. The molecule has 0 radical (unpaired) electrons. The summed E-state index contributed by atoms with van der Waals surface area (Å²) in [5.74, 6) is 1.54. The SMILES string of the molecule is COc1ccc2c(c1)[C@]13CCCC[C@@H]1[C@@H](C2)[N@+](C)([O-])CC3.Cl. The van der Waals surface area contributed by atoms with E-state index in [9.17, 15) is 5.21 Å². The van der Waals surface area contributed by atoms with E-state index in [1.165, 1.54) is 36.8 Å². The smallest absolute Gasteiger partial charge is 0.119 e. The number of hydrogen-bond donors (Lipinski definition) is 0. The van der Waals surface area contributed by atoms with Crippen molar-refractivity contribution in [3.8, 4) is 5.75 Å². The van der Waals surface area contributed by atoms with E-state index < -0.39 is 0 Å². The van der Waals surface area contributed by atoms with E-state index >= 15 is 0 Å². The minimum Gasteiger partial charge on any atom is -0.633 e. The summed E-state index contributed by atoms with van der Waals surface area (Å²) in [6.45, 7) is 0.776. The van der Waals surface area contributed by atoms with Gasteiger partial charge < -0.3 is 14.6 Å². The van der Waals surface area contributed by atoms with Gasteiger partial charge in [0.15, 0.2) is 0 Å². The highest BCUT2D eigenvalue weighted by Gasteiger charge is 2.57. The molecule has 1 saturated heterocycles. The van der Waals surface area contributed by atoms with Gasteiger partial charge in [0.2, 0.25) is 0 Å². The van der Waals surface area contributed by atoms with Gasteiger partial charge in [-0.25, -0.2) is 0 Å². The number of nitrogens with zero attached hydrogens (tertiary/aromatic N) is 1. The van der Waals surface area contributed by atoms with Gasteiger partial charge in [-0.05, 0) is 36.1 Å². The second-order valence-corrected chi connectivity index (χ2v) is 7.45. The van der Waals surface area contributed by atoms with Crippen molar-refractivity contribution in [2.24, 2.45) is 5.92 Å². The first-order valence-electron chi connectivity index (χ1n) is 8.30. The molecule has 2 aliphatic carbocycles. The van der Waals surface area contributed by atoms with E-state index in [-0.39, 0.29) is 28.5 Å². The predicted octanol–water partition coefficient (Wildman–Crippen LogP) is 3.82. The van der Waals surface area contributed by atoms with Crippen molar-refractivity contribution in [3.05, 3.63) is 34.5 Å². The Bertz CT molecular complexity index is 574. The number of methoxy groups -OCH3 is 1. The molecule has 1 saturated carbocycles. The van der Waals surface area contributed by atoms with Gasteiger partial charge >= 0.3 is 0 Å². The molecule has 1 aromatic carbocycles. The zero-order chi connectivity index (χ0) is 14.7. The highest BCUT2D eigenvalue weighted by atomic mass is 35.5. The maximum atomic E-state index is 13.0. The largest absolute Gasteiger partial charge is 0.633 e. The van der Waals surface area contributed by atoms with Crippen molar-refractivity contribution in [2.45, 2.75) is 50.0 Å². The number of quaternary nitrogens is 1. The molecule has 0 N–H and O–H groups in total. The van der Waals surface area contributed by atoms with Crippen LogP contribution in [0.2, 0.25) is 0 Å². The molecule has 2 fully saturated rings. The van der Waals surface area contributed by atoms with Crippen molar-refractivity contribution in [1.82, 2.24) is 0 Å². The number of hydroxylamine groups is 3. The van der Waals surface area contributed by atoms with Crippen molar-refractivity contribution in [3.63, 3.8) is 0 Å². The summed E-state index contributed by atoms with van der Waals surface area (Å²) >= 11 is 0. The lowest BCUT2D eigenvalue weighted by Crippen LogP contribution is -2.66. The quantitative estimate of drug-likeness (QED) is 0.581. The number of halogens is 1. The number of likely N-dealkylation sites (N-methyl/N-ethyl adjacent to an activating group) is 1. The number of likely N-dealkylation sites (tertiary alicyclic amines) is 1. The summed E-state index contributed by atoms with van der Waals surface area (Å²) in [7, 11) is 3.65. The van der Waals surface area contributed by atoms with Crippen LogP contribution in [0.5, 0.6) is 5.75 Å². The van der Waals surface area contributed by atoms with Crippen LogP contribution in [0.1, 0.15) is 43.2 Å². The van der Waals surface area contributed by atoms with Crippen LogP contribution < -0.4 is 4.74 Å². The Balaban J connectivity index is 0.00000144. The van der Waals surface area contributed by atoms with Gasteiger partial charge in [0, 0.05) is 24.2 Å². The van der Waals surface area contributed by atoms with Crippen LogP contribution in [0.25, 0.3) is 0 Å². The molecule has 4 atom stereocenters. The van der Waals surface area contributed by atoms with Crippen molar-refractivity contribution >= 4 is 12.4 Å². The van der Waals surface area contributed by atoms with Crippen molar-refractivity contribution in [1.29, 1.82) is 0 Å². The molecule has 0 unspecified atom stereocenters. The highest BCUT2D eigenvalue weighted by Crippen LogP contribution is 2.57. The van der Waals surface area contributed by atoms with Crippen LogP contribution in [0.15, 0.2) is 18.2 Å². The normalized spacial score (nSPS) is 39.2. The maximum absolute atomic E-state index is 13.0. The third kappa shape index (κ3) is 2.10. The van der Waals surface area contributed by atoms with E-state index in [4.69, 9.17) is 4.74 Å². The summed E-state index contributed by atoms with van der Waals surface area (Å²) < 4.78 is 5.44. The van der Waals surface area contributed by atoms with Crippen LogP contribution in [0, 0.1) is 11.1 Å². The molecule has 122 valence electrons. The topological polar surface area (TPSA) is 32.3 Å². The Morgan fingerprint density at radius 3 is 2.86 bits per heavy atom. The molecule has 22 heavy (non-hydrogen) atoms. The molecule has 4 rings (SSSR count). The molecule has 3 nitrogen and oxygen atoms in total. The molecule has 4 heteroatoms. The van der Waals surface area contributed by atoms with Gasteiger partial charge in [-0.2, -0.15) is 0 Å². The average molecular weight is 324 g/mol. The molecule has 0 spiro atoms. The second-order valence-electron chi connectivity index (χ2n) is 7.45. The molecule has 1 heterocycles. The van der Waals surface area contributed by atoms with Gasteiger partial charge in [0.25, 0.3) is 0 Å². The first-order chi connectivity index (χ1) is 10.1. The molecule has 3 aliphatic rings. The zero-order valence-electron chi connectivity index (χ0n) is 13.5. The lowest BCUT2D eigenvalue weighted by molar-refractivity contribution is -0.899. The summed E-state index contributed by atoms with van der Waals surface area (Å²) in [5.41, 5.74) is 3.16. The molecule has 2 bridgehead atoms. The van der Waals surface area contributed by atoms with E-state index in [2.05, 4.69) is 18.2 Å². The van der Waals surface area contributed by atoms with Gasteiger partial charge in [-0.1, -0.05) is 18.9 Å². The van der Waals surface area contributed by atoms with E-state index in [1.807, 2.05) is 7.05 Å². The fraction of sp³-hybridized carbons (Fsp3) is 0.667. The molecular formula is C18H26ClNO2. The van der Waals surface area contributed by atoms with Crippen LogP contribution in [0.3, 0.4) is 0 Å². The minimum absolute atomic E-state index is 0. The highest BCUT2D eigenvalue weighted by molar-refractivity contribution is 5.85. The number of piperidine rings is 1. The van der Waals surface area contributed by atoms with Crippen molar-refractivity contribution in [2.75, 3.05) is 20.7 Å². The Labute approximate surface area is 139 Å². The standard InChI is InChI=1S/C18H25NO2.ClH/c1-19(20)10-9-18-8-4-3-5-15(18)17(19)11-13-6-7-14(21-2)12-16(13)18;/h6-7,12,15,17H,3-5,8-11H2,1-2H3;1H/t15-,17-,18+,19-;/m1./s1. The third-order valence-electron chi connectivity index (χ3n) is 6.55. The van der Waals surface area contributed by atoms with Gasteiger partial charge in [0.05, 0.1) is 26.7 Å². The second kappa shape index (κ2) is 5.40. The Morgan fingerprint density at radius 2 is 2.09 bits per heavy atom. The van der Waals surface area contributed by atoms with Crippen LogP contribution in [0.4, 0.5) is 0 Å². The first-order valence-corrected chi connectivity index (χ1v) is 8.30. The van der Waals surface area contributed by atoms with E-state index in [1.54, 1.807) is 7.11 Å². The third-order valence-corrected chi connectivity index (χ3v) is 6.55. The monoisotopic (exact) mass is 323 g/mol. The molecular weight excluding hydrogens is 298 g/mol. The molecule has 1 aliphatic heterocycles. The fourth-order valence-electron chi connectivity index (χ4n) is 5.46. The Kier molecular flexibility index (Phi) is 3.95. The summed E-state index contributed by atoms with van der Waals surface area (Å²) in [5, 5.41) is 13.0. The van der Waals surface area contributed by atoms with Crippen molar-refractivity contribution < 1.29 is 9.38 Å². The first kappa shape index (κ1) is 16.1. The Hall–Kier alpha value is -0.770. The lowest BCUT2D eigenvalue weighted by atomic mass is 9.52. The Morgan fingerprint density at radius 1 is 1.27 bits per heavy atom. The van der Waals surface area contributed by atoms with Gasteiger partial charge in [-0.3, -0.25) is 0 Å². The van der Waals surface area contributed by atoms with Crippen LogP contribution in [-0.2, 0) is 11.8 Å². The molecule has 1 aromatic rings. The summed E-state index contributed by atoms with van der Waals surface area (Å²) in [4.78, 5) is 0. The average Bonchev–Trinajstić information content (AvgIpc) is 2.51. The summed E-state index contributed by atoms with van der Waals surface area (Å²) in [6.07, 6.45) is 7.09. The van der Waals surface area contributed by atoms with E-state index in [0.717, 1.165) is 25.1 Å². The lowest BCUT2D eigenvalue weighted by Gasteiger charge is -2.63.